The Hall–Kier alpha value is -1.34. The average molecular weight is 330 g/mol. The van der Waals surface area contributed by atoms with E-state index in [-0.39, 0.29) is 5.91 Å². The van der Waals surface area contributed by atoms with Gasteiger partial charge in [-0.25, -0.2) is 0 Å². The van der Waals surface area contributed by atoms with Crippen LogP contribution in [0, 0.1) is 0 Å². The number of ether oxygens (including phenoxy) is 2. The first-order valence-corrected chi connectivity index (χ1v) is 8.56. The first-order chi connectivity index (χ1) is 11.2. The molecule has 7 heteroatoms. The summed E-state index contributed by atoms with van der Waals surface area (Å²) in [5, 5.41) is 6.37. The maximum atomic E-state index is 11.9. The van der Waals surface area contributed by atoms with Crippen molar-refractivity contribution in [2.75, 3.05) is 59.7 Å². The second-order valence-electron chi connectivity index (χ2n) is 4.96. The SMILES string of the molecule is CCNC(=NCCCOCCOC)NCCC(=O)N(CC)CC. The summed E-state index contributed by atoms with van der Waals surface area (Å²) in [6.07, 6.45) is 1.34. The molecule has 1 amide bonds. The lowest BCUT2D eigenvalue weighted by Gasteiger charge is -2.19. The van der Waals surface area contributed by atoms with Gasteiger partial charge in [0.1, 0.15) is 0 Å². The summed E-state index contributed by atoms with van der Waals surface area (Å²) in [5.74, 6) is 0.918. The molecule has 0 atom stereocenters. The summed E-state index contributed by atoms with van der Waals surface area (Å²) >= 11 is 0. The Labute approximate surface area is 140 Å². The molecule has 0 unspecified atom stereocenters. The van der Waals surface area contributed by atoms with Crippen LogP contribution in [0.4, 0.5) is 0 Å². The molecule has 0 aromatic heterocycles. The number of carbonyl (C=O) groups is 1. The van der Waals surface area contributed by atoms with E-state index in [1.807, 2.05) is 25.7 Å². The van der Waals surface area contributed by atoms with Gasteiger partial charge in [-0.1, -0.05) is 0 Å². The van der Waals surface area contributed by atoms with E-state index in [4.69, 9.17) is 9.47 Å². The van der Waals surface area contributed by atoms with Gasteiger partial charge in [0.15, 0.2) is 5.96 Å². The zero-order valence-corrected chi connectivity index (χ0v) is 15.2. The van der Waals surface area contributed by atoms with Crippen LogP contribution in [-0.2, 0) is 14.3 Å². The maximum Gasteiger partial charge on any atom is 0.224 e. The third-order valence-electron chi connectivity index (χ3n) is 3.24. The zero-order chi connectivity index (χ0) is 17.3. The predicted molar refractivity (Wildman–Crippen MR) is 93.8 cm³/mol. The summed E-state index contributed by atoms with van der Waals surface area (Å²) in [7, 11) is 1.66. The topological polar surface area (TPSA) is 75.2 Å². The monoisotopic (exact) mass is 330 g/mol. The van der Waals surface area contributed by atoms with Crippen molar-refractivity contribution in [2.24, 2.45) is 4.99 Å². The number of hydrogen-bond donors (Lipinski definition) is 2. The fourth-order valence-electron chi connectivity index (χ4n) is 1.97. The second kappa shape index (κ2) is 15.6. The maximum absolute atomic E-state index is 11.9. The Kier molecular flexibility index (Phi) is 14.6. The quantitative estimate of drug-likeness (QED) is 0.297. The first kappa shape index (κ1) is 21.7. The van der Waals surface area contributed by atoms with E-state index < -0.39 is 0 Å². The van der Waals surface area contributed by atoms with Gasteiger partial charge in [0.2, 0.25) is 5.91 Å². The highest BCUT2D eigenvalue weighted by Gasteiger charge is 2.08. The summed E-state index contributed by atoms with van der Waals surface area (Å²) in [4.78, 5) is 18.2. The van der Waals surface area contributed by atoms with Crippen molar-refractivity contribution in [1.29, 1.82) is 0 Å². The summed E-state index contributed by atoms with van der Waals surface area (Å²) in [6.45, 7) is 11.5. The van der Waals surface area contributed by atoms with Gasteiger partial charge in [0.05, 0.1) is 13.2 Å². The van der Waals surface area contributed by atoms with Gasteiger partial charge in [-0.2, -0.15) is 0 Å². The molecule has 136 valence electrons. The molecule has 2 N–H and O–H groups in total. The molecule has 0 bridgehead atoms. The number of methoxy groups -OCH3 is 1. The summed E-state index contributed by atoms with van der Waals surface area (Å²) in [6, 6.07) is 0. The summed E-state index contributed by atoms with van der Waals surface area (Å²) in [5.41, 5.74) is 0. The van der Waals surface area contributed by atoms with Crippen molar-refractivity contribution < 1.29 is 14.3 Å². The predicted octanol–water partition coefficient (Wildman–Crippen LogP) is 0.853. The van der Waals surface area contributed by atoms with E-state index in [0.717, 1.165) is 32.0 Å². The molecule has 0 aliphatic rings. The van der Waals surface area contributed by atoms with Gasteiger partial charge in [-0.05, 0) is 27.2 Å². The molecule has 23 heavy (non-hydrogen) atoms. The van der Waals surface area contributed by atoms with E-state index in [2.05, 4.69) is 15.6 Å². The minimum absolute atomic E-state index is 0.171. The number of rotatable bonds is 13. The Morgan fingerprint density at radius 1 is 1.09 bits per heavy atom. The Bertz CT molecular complexity index is 320. The number of nitrogens with zero attached hydrogens (tertiary/aromatic N) is 2. The molecule has 7 nitrogen and oxygen atoms in total. The van der Waals surface area contributed by atoms with Crippen LogP contribution in [0.25, 0.3) is 0 Å². The Morgan fingerprint density at radius 3 is 2.43 bits per heavy atom. The van der Waals surface area contributed by atoms with E-state index in [1.54, 1.807) is 7.11 Å². The highest BCUT2D eigenvalue weighted by molar-refractivity contribution is 5.81. The van der Waals surface area contributed by atoms with Gasteiger partial charge >= 0.3 is 0 Å². The van der Waals surface area contributed by atoms with Crippen molar-refractivity contribution in [3.63, 3.8) is 0 Å². The fourth-order valence-corrected chi connectivity index (χ4v) is 1.97. The number of aliphatic imine (C=N–C) groups is 1. The van der Waals surface area contributed by atoms with Crippen LogP contribution in [0.5, 0.6) is 0 Å². The van der Waals surface area contributed by atoms with Crippen LogP contribution in [0.3, 0.4) is 0 Å². The smallest absolute Gasteiger partial charge is 0.224 e. The number of amides is 1. The molecule has 0 heterocycles. The molecule has 0 aromatic carbocycles. The van der Waals surface area contributed by atoms with Gasteiger partial charge in [0.25, 0.3) is 0 Å². The highest BCUT2D eigenvalue weighted by atomic mass is 16.5. The van der Waals surface area contributed by atoms with Crippen LogP contribution in [0.15, 0.2) is 4.99 Å². The number of hydrogen-bond acceptors (Lipinski definition) is 4. The third kappa shape index (κ3) is 11.8. The normalized spacial score (nSPS) is 11.4. The van der Waals surface area contributed by atoms with E-state index in [9.17, 15) is 4.79 Å². The molecule has 0 spiro atoms. The van der Waals surface area contributed by atoms with Gasteiger partial charge < -0.3 is 25.0 Å². The standard InChI is InChI=1S/C16H34N4O3/c1-5-17-16(18-10-8-12-23-14-13-22-4)19-11-9-15(21)20(6-2)7-3/h5-14H2,1-4H3,(H2,17,18,19). The minimum atomic E-state index is 0.171. The van der Waals surface area contributed by atoms with Gasteiger partial charge in [-0.3, -0.25) is 9.79 Å². The van der Waals surface area contributed by atoms with Crippen molar-refractivity contribution >= 4 is 11.9 Å². The van der Waals surface area contributed by atoms with Crippen molar-refractivity contribution in [3.8, 4) is 0 Å². The third-order valence-corrected chi connectivity index (χ3v) is 3.24. The zero-order valence-electron chi connectivity index (χ0n) is 15.2. The number of nitrogens with one attached hydrogen (secondary N) is 2. The van der Waals surface area contributed by atoms with Crippen LogP contribution in [0.2, 0.25) is 0 Å². The number of carbonyl (C=O) groups excluding carboxylic acids is 1. The molecule has 0 aromatic rings. The molecule has 0 aliphatic heterocycles. The van der Waals surface area contributed by atoms with Crippen LogP contribution < -0.4 is 10.6 Å². The fraction of sp³-hybridized carbons (Fsp3) is 0.875. The van der Waals surface area contributed by atoms with Crippen LogP contribution in [-0.4, -0.2) is 76.4 Å². The van der Waals surface area contributed by atoms with Gasteiger partial charge in [0, 0.05) is 52.9 Å². The Morgan fingerprint density at radius 2 is 1.83 bits per heavy atom. The second-order valence-corrected chi connectivity index (χ2v) is 4.96. The molecular formula is C16H34N4O3. The van der Waals surface area contributed by atoms with Crippen LogP contribution >= 0.6 is 0 Å². The van der Waals surface area contributed by atoms with Gasteiger partial charge in [-0.15, -0.1) is 0 Å². The average Bonchev–Trinajstić information content (AvgIpc) is 2.55. The number of guanidine groups is 1. The molecule has 0 saturated heterocycles. The molecule has 0 rings (SSSR count). The molecule has 0 radical (unpaired) electrons. The Balaban J connectivity index is 3.96. The minimum Gasteiger partial charge on any atom is -0.382 e. The largest absolute Gasteiger partial charge is 0.382 e. The van der Waals surface area contributed by atoms with Crippen molar-refractivity contribution in [3.05, 3.63) is 0 Å². The molecule has 0 fully saturated rings. The van der Waals surface area contributed by atoms with E-state index in [1.165, 1.54) is 0 Å². The molecule has 0 saturated carbocycles. The lowest BCUT2D eigenvalue weighted by Crippen LogP contribution is -2.40. The lowest BCUT2D eigenvalue weighted by atomic mass is 10.3. The lowest BCUT2D eigenvalue weighted by molar-refractivity contribution is -0.130. The molecule has 0 aliphatic carbocycles. The van der Waals surface area contributed by atoms with Crippen LogP contribution in [0.1, 0.15) is 33.6 Å². The summed E-state index contributed by atoms with van der Waals surface area (Å²) < 4.78 is 10.3. The first-order valence-electron chi connectivity index (χ1n) is 8.56. The van der Waals surface area contributed by atoms with E-state index >= 15 is 0 Å². The van der Waals surface area contributed by atoms with Crippen molar-refractivity contribution in [2.45, 2.75) is 33.6 Å². The van der Waals surface area contributed by atoms with E-state index in [0.29, 0.717) is 39.3 Å². The van der Waals surface area contributed by atoms with Crippen molar-refractivity contribution in [1.82, 2.24) is 15.5 Å². The highest BCUT2D eigenvalue weighted by Crippen LogP contribution is 1.93. The molecular weight excluding hydrogens is 296 g/mol.